The van der Waals surface area contributed by atoms with Gasteiger partial charge in [-0.25, -0.2) is 0 Å². The number of nitrogens with zero attached hydrogens (tertiary/aromatic N) is 1. The lowest BCUT2D eigenvalue weighted by atomic mass is 10.0. The van der Waals surface area contributed by atoms with Gasteiger partial charge in [0.2, 0.25) is 0 Å². The number of aliphatic hydroxyl groups is 2. The van der Waals surface area contributed by atoms with E-state index in [-0.39, 0.29) is 13.2 Å². The summed E-state index contributed by atoms with van der Waals surface area (Å²) in [5.74, 6) is 0.750. The molecule has 1 aliphatic carbocycles. The van der Waals surface area contributed by atoms with Crippen molar-refractivity contribution in [1.82, 2.24) is 4.90 Å². The number of hydrogen-bond acceptors (Lipinski definition) is 3. The maximum Gasteiger partial charge on any atom is 0.0558 e. The van der Waals surface area contributed by atoms with E-state index in [4.69, 9.17) is 10.2 Å². The molecule has 0 aromatic rings. The van der Waals surface area contributed by atoms with Crippen LogP contribution >= 0.6 is 0 Å². The van der Waals surface area contributed by atoms with Crippen molar-refractivity contribution in [3.63, 3.8) is 0 Å². The molecule has 0 saturated heterocycles. The Balaban J connectivity index is 2.39. The van der Waals surface area contributed by atoms with E-state index in [1.54, 1.807) is 0 Å². The lowest BCUT2D eigenvalue weighted by Crippen LogP contribution is -2.39. The van der Waals surface area contributed by atoms with Crippen LogP contribution in [0.25, 0.3) is 0 Å². The Morgan fingerprint density at radius 1 is 1.14 bits per heavy atom. The van der Waals surface area contributed by atoms with Crippen LogP contribution in [0.1, 0.15) is 32.6 Å². The van der Waals surface area contributed by atoms with Crippen LogP contribution in [0.15, 0.2) is 0 Å². The maximum absolute atomic E-state index is 8.98. The highest BCUT2D eigenvalue weighted by Gasteiger charge is 2.28. The van der Waals surface area contributed by atoms with Crippen LogP contribution in [0.3, 0.4) is 0 Å². The summed E-state index contributed by atoms with van der Waals surface area (Å²) in [5.41, 5.74) is 0. The summed E-state index contributed by atoms with van der Waals surface area (Å²) in [6, 6.07) is 0.633. The monoisotopic (exact) mass is 201 g/mol. The molecular weight excluding hydrogens is 178 g/mol. The average Bonchev–Trinajstić information content (AvgIpc) is 2.59. The summed E-state index contributed by atoms with van der Waals surface area (Å²) in [7, 11) is 0. The summed E-state index contributed by atoms with van der Waals surface area (Å²) in [6.07, 6.45) is 4.70. The number of hydrogen-bond donors (Lipinski definition) is 2. The van der Waals surface area contributed by atoms with Crippen molar-refractivity contribution < 1.29 is 10.2 Å². The predicted octanol–water partition coefficient (Wildman–Crippen LogP) is 0.852. The fourth-order valence-electron chi connectivity index (χ4n) is 2.51. The Morgan fingerprint density at radius 2 is 1.93 bits per heavy atom. The highest BCUT2D eigenvalue weighted by atomic mass is 16.3. The van der Waals surface area contributed by atoms with Gasteiger partial charge in [-0.15, -0.1) is 0 Å². The molecule has 0 aromatic carbocycles. The summed E-state index contributed by atoms with van der Waals surface area (Å²) < 4.78 is 0. The number of rotatable bonds is 6. The Hall–Kier alpha value is -0.120. The van der Waals surface area contributed by atoms with E-state index in [1.165, 1.54) is 19.3 Å². The fraction of sp³-hybridized carbons (Fsp3) is 1.00. The second-order valence-corrected chi connectivity index (χ2v) is 4.31. The van der Waals surface area contributed by atoms with Crippen molar-refractivity contribution >= 4 is 0 Å². The van der Waals surface area contributed by atoms with E-state index in [0.29, 0.717) is 6.04 Å². The first kappa shape index (κ1) is 12.0. The summed E-state index contributed by atoms with van der Waals surface area (Å²) in [4.78, 5) is 2.34. The van der Waals surface area contributed by atoms with Crippen molar-refractivity contribution in [2.45, 2.75) is 38.6 Å². The van der Waals surface area contributed by atoms with Gasteiger partial charge >= 0.3 is 0 Å². The Morgan fingerprint density at radius 3 is 2.43 bits per heavy atom. The van der Waals surface area contributed by atoms with Gasteiger partial charge in [-0.1, -0.05) is 13.3 Å². The Kier molecular flexibility index (Phi) is 5.45. The maximum atomic E-state index is 8.98. The first-order valence-corrected chi connectivity index (χ1v) is 5.75. The molecule has 0 amide bonds. The molecule has 3 heteroatoms. The second-order valence-electron chi connectivity index (χ2n) is 4.31. The molecule has 0 heterocycles. The van der Waals surface area contributed by atoms with E-state index in [1.807, 2.05) is 0 Å². The smallest absolute Gasteiger partial charge is 0.0558 e. The molecule has 0 bridgehead atoms. The zero-order chi connectivity index (χ0) is 10.4. The van der Waals surface area contributed by atoms with Crippen molar-refractivity contribution in [1.29, 1.82) is 0 Å². The van der Waals surface area contributed by atoms with Gasteiger partial charge in [0.05, 0.1) is 6.61 Å². The summed E-state index contributed by atoms with van der Waals surface area (Å²) >= 11 is 0. The van der Waals surface area contributed by atoms with E-state index in [2.05, 4.69) is 11.8 Å². The second kappa shape index (κ2) is 6.38. The molecule has 0 aromatic heterocycles. The average molecular weight is 201 g/mol. The van der Waals surface area contributed by atoms with Crippen LogP contribution in [-0.2, 0) is 0 Å². The molecular formula is C11H23NO2. The molecule has 0 aliphatic heterocycles. The van der Waals surface area contributed by atoms with Gasteiger partial charge in [-0.3, -0.25) is 4.90 Å². The first-order valence-electron chi connectivity index (χ1n) is 5.75. The molecule has 1 saturated carbocycles. The molecule has 84 valence electrons. The Bertz CT molecular complexity index is 152. The minimum absolute atomic E-state index is 0.231. The van der Waals surface area contributed by atoms with E-state index in [9.17, 15) is 0 Å². The lowest BCUT2D eigenvalue weighted by Gasteiger charge is -2.31. The molecule has 0 spiro atoms. The molecule has 1 fully saturated rings. The molecule has 14 heavy (non-hydrogen) atoms. The van der Waals surface area contributed by atoms with Crippen LogP contribution in [0.2, 0.25) is 0 Å². The SMILES string of the molecule is CC1CCCC1N(CCO)CCCO. The molecule has 3 nitrogen and oxygen atoms in total. The van der Waals surface area contributed by atoms with Gasteiger partial charge in [-0.2, -0.15) is 0 Å². The third-order valence-electron chi connectivity index (χ3n) is 3.28. The van der Waals surface area contributed by atoms with Gasteiger partial charge in [-0.05, 0) is 25.2 Å². The van der Waals surface area contributed by atoms with Gasteiger partial charge in [0.15, 0.2) is 0 Å². The topological polar surface area (TPSA) is 43.7 Å². The minimum Gasteiger partial charge on any atom is -0.396 e. The van der Waals surface area contributed by atoms with Crippen LogP contribution in [0.4, 0.5) is 0 Å². The molecule has 0 radical (unpaired) electrons. The van der Waals surface area contributed by atoms with Crippen molar-refractivity contribution in [3.8, 4) is 0 Å². The van der Waals surface area contributed by atoms with Gasteiger partial charge in [0.1, 0.15) is 0 Å². The Labute approximate surface area is 86.7 Å². The van der Waals surface area contributed by atoms with Crippen molar-refractivity contribution in [3.05, 3.63) is 0 Å². The van der Waals surface area contributed by atoms with Gasteiger partial charge in [0.25, 0.3) is 0 Å². The van der Waals surface area contributed by atoms with E-state index < -0.39 is 0 Å². The van der Waals surface area contributed by atoms with Crippen LogP contribution in [-0.4, -0.2) is 47.5 Å². The number of aliphatic hydroxyl groups excluding tert-OH is 2. The standard InChI is InChI=1S/C11H23NO2/c1-10-4-2-5-11(10)12(7-9-14)6-3-8-13/h10-11,13-14H,2-9H2,1H3. The third-order valence-corrected chi connectivity index (χ3v) is 3.28. The summed E-state index contributed by atoms with van der Waals surface area (Å²) in [6.45, 7) is 4.46. The quantitative estimate of drug-likeness (QED) is 0.669. The fourth-order valence-corrected chi connectivity index (χ4v) is 2.51. The molecule has 2 unspecified atom stereocenters. The van der Waals surface area contributed by atoms with Crippen molar-refractivity contribution in [2.24, 2.45) is 5.92 Å². The molecule has 1 aliphatic rings. The summed E-state index contributed by atoms with van der Waals surface area (Å²) in [5, 5.41) is 17.8. The highest BCUT2D eigenvalue weighted by molar-refractivity contribution is 4.82. The largest absolute Gasteiger partial charge is 0.396 e. The third kappa shape index (κ3) is 3.23. The van der Waals surface area contributed by atoms with Crippen LogP contribution in [0.5, 0.6) is 0 Å². The van der Waals surface area contributed by atoms with E-state index >= 15 is 0 Å². The molecule has 1 rings (SSSR count). The van der Waals surface area contributed by atoms with E-state index in [0.717, 1.165) is 25.4 Å². The molecule has 2 atom stereocenters. The van der Waals surface area contributed by atoms with Crippen LogP contribution in [0, 0.1) is 5.92 Å². The molecule has 2 N–H and O–H groups in total. The minimum atomic E-state index is 0.231. The lowest BCUT2D eigenvalue weighted by molar-refractivity contribution is 0.120. The van der Waals surface area contributed by atoms with Gasteiger partial charge in [0, 0.05) is 25.7 Å². The van der Waals surface area contributed by atoms with Crippen LogP contribution < -0.4 is 0 Å². The normalized spacial score (nSPS) is 27.4. The first-order chi connectivity index (χ1) is 6.79. The highest BCUT2D eigenvalue weighted by Crippen LogP contribution is 2.29. The zero-order valence-electron chi connectivity index (χ0n) is 9.15. The van der Waals surface area contributed by atoms with Crippen molar-refractivity contribution in [2.75, 3.05) is 26.3 Å². The van der Waals surface area contributed by atoms with Gasteiger partial charge < -0.3 is 10.2 Å². The predicted molar refractivity (Wildman–Crippen MR) is 57.2 cm³/mol. The zero-order valence-corrected chi connectivity index (χ0v) is 9.15.